The molecule has 1 aromatic heterocycles. The average molecular weight is 350 g/mol. The second-order valence-corrected chi connectivity index (χ2v) is 7.93. The zero-order valence-electron chi connectivity index (χ0n) is 13.7. The van der Waals surface area contributed by atoms with E-state index in [-0.39, 0.29) is 16.6 Å². The van der Waals surface area contributed by atoms with Gasteiger partial charge in [0.05, 0.1) is 4.90 Å². The highest BCUT2D eigenvalue weighted by Crippen LogP contribution is 2.26. The molecule has 0 spiro atoms. The normalized spacial score (nSPS) is 16.9. The van der Waals surface area contributed by atoms with Crippen molar-refractivity contribution in [1.82, 2.24) is 9.62 Å². The van der Waals surface area contributed by atoms with Crippen LogP contribution < -0.4 is 5.32 Å². The Morgan fingerprint density at radius 2 is 1.88 bits per heavy atom. The second kappa shape index (κ2) is 6.94. The van der Waals surface area contributed by atoms with Gasteiger partial charge in [-0.05, 0) is 44.0 Å². The summed E-state index contributed by atoms with van der Waals surface area (Å²) < 4.78 is 32.7. The van der Waals surface area contributed by atoms with Crippen LogP contribution in [0.1, 0.15) is 43.2 Å². The second-order valence-electron chi connectivity index (χ2n) is 5.99. The van der Waals surface area contributed by atoms with Crippen LogP contribution in [0.2, 0.25) is 0 Å². The van der Waals surface area contributed by atoms with Gasteiger partial charge >= 0.3 is 0 Å². The van der Waals surface area contributed by atoms with Crippen molar-refractivity contribution in [3.05, 3.63) is 30.0 Å². The number of furan rings is 1. The molecular weight excluding hydrogens is 328 g/mol. The smallest absolute Gasteiger partial charge is 0.287 e. The predicted octanol–water partition coefficient (Wildman–Crippen LogP) is 2.75. The minimum atomic E-state index is -3.51. The Morgan fingerprint density at radius 1 is 1.17 bits per heavy atom. The number of hydrogen-bond acceptors (Lipinski definition) is 4. The van der Waals surface area contributed by atoms with Crippen molar-refractivity contribution in [2.45, 2.75) is 37.5 Å². The van der Waals surface area contributed by atoms with E-state index < -0.39 is 10.0 Å². The fourth-order valence-corrected chi connectivity index (χ4v) is 4.53. The Morgan fingerprint density at radius 3 is 2.54 bits per heavy atom. The van der Waals surface area contributed by atoms with E-state index in [4.69, 9.17) is 4.42 Å². The van der Waals surface area contributed by atoms with Crippen molar-refractivity contribution in [3.8, 4) is 0 Å². The van der Waals surface area contributed by atoms with Crippen molar-refractivity contribution < 1.29 is 17.6 Å². The first kappa shape index (κ1) is 17.0. The van der Waals surface area contributed by atoms with Gasteiger partial charge in [-0.1, -0.05) is 12.8 Å². The molecule has 0 radical (unpaired) electrons. The van der Waals surface area contributed by atoms with Crippen LogP contribution >= 0.6 is 0 Å². The lowest BCUT2D eigenvalue weighted by atomic mass is 10.2. The summed E-state index contributed by atoms with van der Waals surface area (Å²) >= 11 is 0. The van der Waals surface area contributed by atoms with E-state index in [0.717, 1.165) is 25.7 Å². The van der Waals surface area contributed by atoms with Crippen molar-refractivity contribution in [1.29, 1.82) is 0 Å². The number of sulfonamides is 1. The molecule has 0 aliphatic carbocycles. The van der Waals surface area contributed by atoms with Crippen molar-refractivity contribution >= 4 is 26.9 Å². The topological polar surface area (TPSA) is 79.6 Å². The van der Waals surface area contributed by atoms with Crippen LogP contribution in [0.5, 0.6) is 0 Å². The van der Waals surface area contributed by atoms with Gasteiger partial charge in [0, 0.05) is 25.0 Å². The summed E-state index contributed by atoms with van der Waals surface area (Å²) in [5.41, 5.74) is 0.506. The van der Waals surface area contributed by atoms with Crippen LogP contribution in [0.15, 0.2) is 33.6 Å². The van der Waals surface area contributed by atoms with Gasteiger partial charge in [0.15, 0.2) is 5.76 Å². The van der Waals surface area contributed by atoms with E-state index in [1.807, 2.05) is 6.92 Å². The number of nitrogens with zero attached hydrogens (tertiary/aromatic N) is 1. The number of nitrogens with one attached hydrogen (secondary N) is 1. The molecule has 130 valence electrons. The monoisotopic (exact) mass is 350 g/mol. The molecule has 2 aromatic rings. The van der Waals surface area contributed by atoms with Gasteiger partial charge in [-0.15, -0.1) is 0 Å². The zero-order chi connectivity index (χ0) is 17.2. The average Bonchev–Trinajstić information content (AvgIpc) is 2.79. The highest BCUT2D eigenvalue weighted by atomic mass is 32.2. The highest BCUT2D eigenvalue weighted by molar-refractivity contribution is 7.89. The molecule has 6 nitrogen and oxygen atoms in total. The summed E-state index contributed by atoms with van der Waals surface area (Å²) in [5.74, 6) is -0.109. The molecule has 2 heterocycles. The summed E-state index contributed by atoms with van der Waals surface area (Å²) in [6.45, 7) is 3.46. The molecule has 7 heteroatoms. The zero-order valence-corrected chi connectivity index (χ0v) is 14.6. The minimum absolute atomic E-state index is 0.191. The van der Waals surface area contributed by atoms with E-state index in [9.17, 15) is 13.2 Å². The Kier molecular flexibility index (Phi) is 4.91. The number of carbonyl (C=O) groups is 1. The molecule has 1 fully saturated rings. The molecule has 1 saturated heterocycles. The molecule has 24 heavy (non-hydrogen) atoms. The number of benzene rings is 1. The van der Waals surface area contributed by atoms with E-state index in [1.165, 1.54) is 0 Å². The van der Waals surface area contributed by atoms with Gasteiger partial charge in [0.2, 0.25) is 10.0 Å². The third-order valence-corrected chi connectivity index (χ3v) is 6.15. The van der Waals surface area contributed by atoms with Gasteiger partial charge in [0.1, 0.15) is 5.58 Å². The first-order valence-corrected chi connectivity index (χ1v) is 9.78. The maximum atomic E-state index is 12.8. The largest absolute Gasteiger partial charge is 0.451 e. The van der Waals surface area contributed by atoms with E-state index in [0.29, 0.717) is 30.6 Å². The van der Waals surface area contributed by atoms with E-state index in [2.05, 4.69) is 5.32 Å². The molecule has 1 aromatic carbocycles. The van der Waals surface area contributed by atoms with E-state index >= 15 is 0 Å². The lowest BCUT2D eigenvalue weighted by Gasteiger charge is -2.19. The standard InChI is InChI=1S/C17H22N2O4S/c1-2-18-17(20)16-12-13-11-14(7-8-15(13)23-16)24(21,22)19-9-5-3-4-6-10-19/h7-8,11-12H,2-6,9-10H2,1H3,(H,18,20). The number of carbonyl (C=O) groups excluding carboxylic acids is 1. The van der Waals surface area contributed by atoms with Crippen molar-refractivity contribution in [2.75, 3.05) is 19.6 Å². The third-order valence-electron chi connectivity index (χ3n) is 4.25. The maximum Gasteiger partial charge on any atom is 0.287 e. The summed E-state index contributed by atoms with van der Waals surface area (Å²) in [6, 6.07) is 6.33. The molecule has 1 aliphatic heterocycles. The molecule has 0 atom stereocenters. The summed E-state index contributed by atoms with van der Waals surface area (Å²) in [4.78, 5) is 12.1. The Balaban J connectivity index is 1.93. The molecule has 1 amide bonds. The summed E-state index contributed by atoms with van der Waals surface area (Å²) in [6.07, 6.45) is 3.94. The fourth-order valence-electron chi connectivity index (χ4n) is 2.97. The van der Waals surface area contributed by atoms with Crippen LogP contribution in [0.3, 0.4) is 0 Å². The lowest BCUT2D eigenvalue weighted by molar-refractivity contribution is 0.0930. The maximum absolute atomic E-state index is 12.8. The number of rotatable bonds is 4. The lowest BCUT2D eigenvalue weighted by Crippen LogP contribution is -2.31. The number of amides is 1. The van der Waals surface area contributed by atoms with Crippen LogP contribution in [-0.4, -0.2) is 38.3 Å². The molecule has 3 rings (SSSR count). The summed E-state index contributed by atoms with van der Waals surface area (Å²) in [7, 11) is -3.51. The van der Waals surface area contributed by atoms with Crippen molar-refractivity contribution in [3.63, 3.8) is 0 Å². The molecule has 1 aliphatic rings. The van der Waals surface area contributed by atoms with Crippen LogP contribution in [0.25, 0.3) is 11.0 Å². The van der Waals surface area contributed by atoms with Gasteiger partial charge in [-0.25, -0.2) is 8.42 Å². The fraction of sp³-hybridized carbons (Fsp3) is 0.471. The molecule has 1 N–H and O–H groups in total. The summed E-state index contributed by atoms with van der Waals surface area (Å²) in [5, 5.41) is 3.28. The first-order valence-electron chi connectivity index (χ1n) is 8.34. The van der Waals surface area contributed by atoms with Gasteiger partial charge in [-0.3, -0.25) is 4.79 Å². The van der Waals surface area contributed by atoms with Gasteiger partial charge < -0.3 is 9.73 Å². The predicted molar refractivity (Wildman–Crippen MR) is 91.4 cm³/mol. The molecule has 0 saturated carbocycles. The minimum Gasteiger partial charge on any atom is -0.451 e. The van der Waals surface area contributed by atoms with Gasteiger partial charge in [-0.2, -0.15) is 4.31 Å². The van der Waals surface area contributed by atoms with E-state index in [1.54, 1.807) is 28.6 Å². The number of fused-ring (bicyclic) bond motifs is 1. The number of hydrogen-bond donors (Lipinski definition) is 1. The van der Waals surface area contributed by atoms with Gasteiger partial charge in [0.25, 0.3) is 5.91 Å². The quantitative estimate of drug-likeness (QED) is 0.919. The van der Waals surface area contributed by atoms with Crippen LogP contribution in [0, 0.1) is 0 Å². The first-order chi connectivity index (χ1) is 11.5. The SMILES string of the molecule is CCNC(=O)c1cc2cc(S(=O)(=O)N3CCCCCC3)ccc2o1. The van der Waals surface area contributed by atoms with Crippen molar-refractivity contribution in [2.24, 2.45) is 0 Å². The third kappa shape index (κ3) is 3.32. The van der Waals surface area contributed by atoms with Crippen LogP contribution in [-0.2, 0) is 10.0 Å². The molecule has 0 bridgehead atoms. The molecule has 0 unspecified atom stereocenters. The van der Waals surface area contributed by atoms with Crippen LogP contribution in [0.4, 0.5) is 0 Å². The Bertz CT molecular complexity index is 833. The Hall–Kier alpha value is -1.86. The Labute approximate surface area is 141 Å². The molecular formula is C17H22N2O4S. The highest BCUT2D eigenvalue weighted by Gasteiger charge is 2.25.